The van der Waals surface area contributed by atoms with Gasteiger partial charge >= 0.3 is 0 Å². The standard InChI is InChI=1S/C13H19FN2O3S/c1-9-6-10(7-11(15)12(9)14)20(17,18)16-4-5-19-13(2,3)8-16/h6-7H,4-5,8,15H2,1-3H3. The molecule has 1 aliphatic heterocycles. The van der Waals surface area contributed by atoms with Crippen LogP contribution in [0.25, 0.3) is 0 Å². The van der Waals surface area contributed by atoms with Gasteiger partial charge in [-0.05, 0) is 38.5 Å². The molecule has 2 N–H and O–H groups in total. The molecule has 2 rings (SSSR count). The molecule has 1 aromatic carbocycles. The number of ether oxygens (including phenoxy) is 1. The molecule has 0 atom stereocenters. The second kappa shape index (κ2) is 4.98. The number of aryl methyl sites for hydroxylation is 1. The van der Waals surface area contributed by atoms with Crippen LogP contribution in [0.15, 0.2) is 17.0 Å². The van der Waals surface area contributed by atoms with Crippen molar-refractivity contribution in [2.45, 2.75) is 31.3 Å². The first kappa shape index (κ1) is 15.2. The Hall–Kier alpha value is -1.18. The molecule has 1 heterocycles. The summed E-state index contributed by atoms with van der Waals surface area (Å²) in [5.74, 6) is -0.578. The van der Waals surface area contributed by atoms with Crippen molar-refractivity contribution in [2.75, 3.05) is 25.4 Å². The molecular weight excluding hydrogens is 283 g/mol. The van der Waals surface area contributed by atoms with Gasteiger partial charge in [-0.25, -0.2) is 12.8 Å². The largest absolute Gasteiger partial charge is 0.396 e. The van der Waals surface area contributed by atoms with Crippen molar-refractivity contribution < 1.29 is 17.5 Å². The SMILES string of the molecule is Cc1cc(S(=O)(=O)N2CCOC(C)(C)C2)cc(N)c1F. The van der Waals surface area contributed by atoms with Gasteiger partial charge in [-0.15, -0.1) is 0 Å². The summed E-state index contributed by atoms with van der Waals surface area (Å²) in [6.45, 7) is 6.03. The van der Waals surface area contributed by atoms with Gasteiger partial charge < -0.3 is 10.5 Å². The zero-order chi connectivity index (χ0) is 15.1. The molecule has 0 bridgehead atoms. The van der Waals surface area contributed by atoms with Crippen molar-refractivity contribution in [3.63, 3.8) is 0 Å². The summed E-state index contributed by atoms with van der Waals surface area (Å²) in [6, 6.07) is 2.48. The number of rotatable bonds is 2. The van der Waals surface area contributed by atoms with E-state index in [9.17, 15) is 12.8 Å². The van der Waals surface area contributed by atoms with Crippen molar-refractivity contribution in [3.8, 4) is 0 Å². The zero-order valence-electron chi connectivity index (χ0n) is 11.8. The summed E-state index contributed by atoms with van der Waals surface area (Å²) in [5, 5.41) is 0. The van der Waals surface area contributed by atoms with E-state index in [1.807, 2.05) is 13.8 Å². The van der Waals surface area contributed by atoms with Gasteiger partial charge in [-0.3, -0.25) is 0 Å². The van der Waals surface area contributed by atoms with Crippen LogP contribution in [0, 0.1) is 12.7 Å². The van der Waals surface area contributed by atoms with E-state index in [1.54, 1.807) is 0 Å². The summed E-state index contributed by atoms with van der Waals surface area (Å²) < 4.78 is 45.5. The van der Waals surface area contributed by atoms with Crippen LogP contribution in [0.4, 0.5) is 10.1 Å². The zero-order valence-corrected chi connectivity index (χ0v) is 12.6. The van der Waals surface area contributed by atoms with Crippen molar-refractivity contribution in [1.29, 1.82) is 0 Å². The van der Waals surface area contributed by atoms with Gasteiger partial charge in [-0.1, -0.05) is 0 Å². The van der Waals surface area contributed by atoms with E-state index in [4.69, 9.17) is 10.5 Å². The summed E-state index contributed by atoms with van der Waals surface area (Å²) >= 11 is 0. The summed E-state index contributed by atoms with van der Waals surface area (Å²) in [5.41, 5.74) is 5.04. The lowest BCUT2D eigenvalue weighted by Gasteiger charge is -2.37. The molecule has 0 aliphatic carbocycles. The molecule has 7 heteroatoms. The van der Waals surface area contributed by atoms with Crippen molar-refractivity contribution in [1.82, 2.24) is 4.31 Å². The van der Waals surface area contributed by atoms with Gasteiger partial charge in [0.1, 0.15) is 5.82 Å². The number of halogens is 1. The van der Waals surface area contributed by atoms with Gasteiger partial charge in [0.25, 0.3) is 0 Å². The highest BCUT2D eigenvalue weighted by Gasteiger charge is 2.35. The van der Waals surface area contributed by atoms with Crippen LogP contribution in [0.2, 0.25) is 0 Å². The van der Waals surface area contributed by atoms with Crippen molar-refractivity contribution in [3.05, 3.63) is 23.5 Å². The smallest absolute Gasteiger partial charge is 0.243 e. The normalized spacial score (nSPS) is 20.0. The summed E-state index contributed by atoms with van der Waals surface area (Å²) in [7, 11) is -3.69. The van der Waals surface area contributed by atoms with Gasteiger partial charge in [0.2, 0.25) is 10.0 Å². The Morgan fingerprint density at radius 1 is 1.40 bits per heavy atom. The van der Waals surface area contributed by atoms with Gasteiger partial charge in [0.05, 0.1) is 22.8 Å². The Morgan fingerprint density at radius 3 is 2.60 bits per heavy atom. The van der Waals surface area contributed by atoms with Gasteiger partial charge in [0, 0.05) is 13.1 Å². The van der Waals surface area contributed by atoms with E-state index in [2.05, 4.69) is 0 Å². The summed E-state index contributed by atoms with van der Waals surface area (Å²) in [6.07, 6.45) is 0. The minimum absolute atomic E-state index is 0.0200. The Labute approximate surface area is 118 Å². The third kappa shape index (κ3) is 2.79. The molecule has 0 aromatic heterocycles. The second-order valence-corrected chi connectivity index (χ2v) is 7.53. The van der Waals surface area contributed by atoms with E-state index in [-0.39, 0.29) is 29.2 Å². The van der Waals surface area contributed by atoms with Crippen LogP contribution in [-0.4, -0.2) is 38.0 Å². The van der Waals surface area contributed by atoms with Gasteiger partial charge in [0.15, 0.2) is 0 Å². The molecule has 1 saturated heterocycles. The molecule has 1 aliphatic rings. The maximum Gasteiger partial charge on any atom is 0.243 e. The maximum absolute atomic E-state index is 13.5. The number of hydrogen-bond donors (Lipinski definition) is 1. The van der Waals surface area contributed by atoms with Gasteiger partial charge in [-0.2, -0.15) is 4.31 Å². The third-order valence-electron chi connectivity index (χ3n) is 3.28. The molecule has 0 unspecified atom stereocenters. The average molecular weight is 302 g/mol. The molecule has 5 nitrogen and oxygen atoms in total. The topological polar surface area (TPSA) is 72.6 Å². The highest BCUT2D eigenvalue weighted by molar-refractivity contribution is 7.89. The Morgan fingerprint density at radius 2 is 2.05 bits per heavy atom. The fraction of sp³-hybridized carbons (Fsp3) is 0.538. The van der Waals surface area contributed by atoms with Crippen molar-refractivity contribution in [2.24, 2.45) is 0 Å². The number of nitrogen functional groups attached to an aromatic ring is 1. The molecule has 0 spiro atoms. The lowest BCUT2D eigenvalue weighted by atomic mass is 10.1. The van der Waals surface area contributed by atoms with E-state index < -0.39 is 21.4 Å². The second-order valence-electron chi connectivity index (χ2n) is 5.59. The van der Waals surface area contributed by atoms with E-state index in [0.29, 0.717) is 6.61 Å². The molecule has 20 heavy (non-hydrogen) atoms. The third-order valence-corrected chi connectivity index (χ3v) is 5.11. The van der Waals surface area contributed by atoms with Crippen LogP contribution in [-0.2, 0) is 14.8 Å². The molecule has 1 fully saturated rings. The highest BCUT2D eigenvalue weighted by Crippen LogP contribution is 2.26. The van der Waals surface area contributed by atoms with E-state index >= 15 is 0 Å². The van der Waals surface area contributed by atoms with Crippen LogP contribution in [0.5, 0.6) is 0 Å². The fourth-order valence-electron chi connectivity index (χ4n) is 2.24. The predicted octanol–water partition coefficient (Wildman–Crippen LogP) is 1.52. The number of sulfonamides is 1. The van der Waals surface area contributed by atoms with Crippen LogP contribution in [0.3, 0.4) is 0 Å². The van der Waals surface area contributed by atoms with Crippen LogP contribution < -0.4 is 5.73 Å². The van der Waals surface area contributed by atoms with Crippen LogP contribution in [0.1, 0.15) is 19.4 Å². The van der Waals surface area contributed by atoms with E-state index in [1.165, 1.54) is 23.4 Å². The molecule has 0 amide bonds. The highest BCUT2D eigenvalue weighted by atomic mass is 32.2. The number of hydrogen-bond acceptors (Lipinski definition) is 4. The fourth-order valence-corrected chi connectivity index (χ4v) is 3.93. The molecule has 112 valence electrons. The molecule has 0 radical (unpaired) electrons. The Bertz CT molecular complexity index is 605. The lowest BCUT2D eigenvalue weighted by Crippen LogP contribution is -2.50. The first-order chi connectivity index (χ1) is 9.13. The number of benzene rings is 1. The number of anilines is 1. The number of nitrogens with zero attached hydrogens (tertiary/aromatic N) is 1. The van der Waals surface area contributed by atoms with Crippen molar-refractivity contribution >= 4 is 15.7 Å². The Balaban J connectivity index is 2.40. The molecule has 1 aromatic rings. The Kier molecular flexibility index (Phi) is 3.79. The monoisotopic (exact) mass is 302 g/mol. The maximum atomic E-state index is 13.5. The minimum atomic E-state index is -3.69. The first-order valence-corrected chi connectivity index (χ1v) is 7.77. The predicted molar refractivity (Wildman–Crippen MR) is 74.3 cm³/mol. The van der Waals surface area contributed by atoms with E-state index in [0.717, 1.165) is 0 Å². The summed E-state index contributed by atoms with van der Waals surface area (Å²) in [4.78, 5) is 0.0200. The van der Waals surface area contributed by atoms with Crippen LogP contribution >= 0.6 is 0 Å². The quantitative estimate of drug-likeness (QED) is 0.841. The average Bonchev–Trinajstić information content (AvgIpc) is 2.34. The molecular formula is C13H19FN2O3S. The first-order valence-electron chi connectivity index (χ1n) is 6.33. The number of nitrogens with two attached hydrogens (primary N) is 1. The molecule has 0 saturated carbocycles. The number of morpholine rings is 1. The lowest BCUT2D eigenvalue weighted by molar-refractivity contribution is -0.0640. The minimum Gasteiger partial charge on any atom is -0.396 e.